The first kappa shape index (κ1) is 14.3. The molecule has 0 aliphatic heterocycles. The highest BCUT2D eigenvalue weighted by atomic mass is 19.4. The highest BCUT2D eigenvalue weighted by Crippen LogP contribution is 2.34. The van der Waals surface area contributed by atoms with Crippen molar-refractivity contribution >= 4 is 0 Å². The van der Waals surface area contributed by atoms with E-state index in [0.29, 0.717) is 0 Å². The number of nitrogens with two attached hydrogens (primary N) is 1. The minimum atomic E-state index is -4.57. The zero-order valence-corrected chi connectivity index (χ0v) is 10.1. The summed E-state index contributed by atoms with van der Waals surface area (Å²) in [5.41, 5.74) is 4.51. The molecule has 1 heterocycles. The molecule has 0 bridgehead atoms. The van der Waals surface area contributed by atoms with E-state index in [1.807, 2.05) is 0 Å². The van der Waals surface area contributed by atoms with Crippen LogP contribution in [0.4, 0.5) is 17.6 Å². The molecule has 7 heteroatoms. The predicted molar refractivity (Wildman–Crippen MR) is 64.3 cm³/mol. The average Bonchev–Trinajstić information content (AvgIpc) is 2.40. The molecule has 0 atom stereocenters. The molecule has 2 rings (SSSR count). The number of halogens is 4. The van der Waals surface area contributed by atoms with Gasteiger partial charge in [-0.3, -0.25) is 10.7 Å². The van der Waals surface area contributed by atoms with Gasteiger partial charge in [-0.1, -0.05) is 0 Å². The fourth-order valence-electron chi connectivity index (χ4n) is 1.70. The van der Waals surface area contributed by atoms with E-state index in [9.17, 15) is 17.6 Å². The Balaban J connectivity index is 2.53. The molecule has 2 N–H and O–H groups in total. The van der Waals surface area contributed by atoms with Crippen LogP contribution in [-0.2, 0) is 6.18 Å². The van der Waals surface area contributed by atoms with Crippen LogP contribution in [0.2, 0.25) is 0 Å². The number of ether oxygens (including phenoxy) is 1. The molecule has 106 valence electrons. The van der Waals surface area contributed by atoms with Crippen molar-refractivity contribution in [2.24, 2.45) is 5.73 Å². The first-order valence-electron chi connectivity index (χ1n) is 5.58. The van der Waals surface area contributed by atoms with Gasteiger partial charge in [0.1, 0.15) is 24.0 Å². The van der Waals surface area contributed by atoms with Gasteiger partial charge >= 0.3 is 6.18 Å². The first-order valence-corrected chi connectivity index (χ1v) is 5.58. The maximum atomic E-state index is 13.3. The molecule has 0 aliphatic rings. The quantitative estimate of drug-likeness (QED) is 0.696. The second kappa shape index (κ2) is 5.46. The summed E-state index contributed by atoms with van der Waals surface area (Å²) in [5.74, 6) is -0.386. The lowest BCUT2D eigenvalue weighted by atomic mass is 10.0. The van der Waals surface area contributed by atoms with Gasteiger partial charge < -0.3 is 4.74 Å². The number of hydrogen-bond acceptors (Lipinski definition) is 3. The lowest BCUT2D eigenvalue weighted by Crippen LogP contribution is -2.09. The summed E-state index contributed by atoms with van der Waals surface area (Å²) in [6.45, 7) is -0.171. The summed E-state index contributed by atoms with van der Waals surface area (Å²) in [7, 11) is 0. The van der Waals surface area contributed by atoms with E-state index in [1.165, 1.54) is 12.1 Å². The van der Waals surface area contributed by atoms with Gasteiger partial charge in [0, 0.05) is 11.8 Å². The van der Waals surface area contributed by atoms with Crippen molar-refractivity contribution in [3.05, 3.63) is 48.0 Å². The molecule has 1 aromatic heterocycles. The molecule has 0 fully saturated rings. The average molecular weight is 286 g/mol. The van der Waals surface area contributed by atoms with Crippen LogP contribution in [0, 0.1) is 5.82 Å². The Morgan fingerprint density at radius 2 is 1.90 bits per heavy atom. The van der Waals surface area contributed by atoms with Gasteiger partial charge in [-0.2, -0.15) is 13.2 Å². The first-order chi connectivity index (χ1) is 9.41. The molecule has 0 spiro atoms. The van der Waals surface area contributed by atoms with Gasteiger partial charge in [0.2, 0.25) is 0 Å². The van der Waals surface area contributed by atoms with E-state index in [1.54, 1.807) is 0 Å². The van der Waals surface area contributed by atoms with Gasteiger partial charge in [0.15, 0.2) is 0 Å². The van der Waals surface area contributed by atoms with Gasteiger partial charge in [-0.25, -0.2) is 4.39 Å². The summed E-state index contributed by atoms with van der Waals surface area (Å²) in [4.78, 5) is 3.25. The monoisotopic (exact) mass is 286 g/mol. The molecule has 0 saturated heterocycles. The molecule has 0 saturated carbocycles. The van der Waals surface area contributed by atoms with E-state index in [0.717, 1.165) is 24.4 Å². The van der Waals surface area contributed by atoms with E-state index in [2.05, 4.69) is 4.98 Å². The molecule has 1 aromatic carbocycles. The fourth-order valence-corrected chi connectivity index (χ4v) is 1.70. The van der Waals surface area contributed by atoms with Crippen molar-refractivity contribution in [1.82, 2.24) is 4.98 Å². The zero-order chi connectivity index (χ0) is 14.8. The molecule has 2 aromatic rings. The second-order valence-corrected chi connectivity index (χ2v) is 3.88. The van der Waals surface area contributed by atoms with Crippen molar-refractivity contribution in [3.8, 4) is 16.9 Å². The van der Waals surface area contributed by atoms with Crippen LogP contribution < -0.4 is 10.5 Å². The molecule has 3 nitrogen and oxygen atoms in total. The highest BCUT2D eigenvalue weighted by molar-refractivity contribution is 5.70. The number of alkyl halides is 3. The molecule has 20 heavy (non-hydrogen) atoms. The number of aromatic nitrogens is 1. The smallest absolute Gasteiger partial charge is 0.433 e. The maximum absolute atomic E-state index is 13.3. The zero-order valence-electron chi connectivity index (χ0n) is 10.1. The fraction of sp³-hybridized carbons (Fsp3) is 0.154. The Labute approximate surface area is 112 Å². The number of pyridine rings is 1. The topological polar surface area (TPSA) is 48.1 Å². The van der Waals surface area contributed by atoms with Crippen molar-refractivity contribution in [2.75, 3.05) is 6.73 Å². The predicted octanol–water partition coefficient (Wildman–Crippen LogP) is 3.20. The van der Waals surface area contributed by atoms with E-state index in [4.69, 9.17) is 10.5 Å². The van der Waals surface area contributed by atoms with Crippen LogP contribution in [0.3, 0.4) is 0 Å². The molecule has 0 radical (unpaired) electrons. The summed E-state index contributed by atoms with van der Waals surface area (Å²) in [5, 5.41) is 0. The van der Waals surface area contributed by atoms with Gasteiger partial charge in [-0.05, 0) is 35.9 Å². The van der Waals surface area contributed by atoms with E-state index < -0.39 is 17.7 Å². The number of rotatable bonds is 3. The van der Waals surface area contributed by atoms with Crippen LogP contribution in [-0.4, -0.2) is 11.7 Å². The largest absolute Gasteiger partial charge is 0.478 e. The number of benzene rings is 1. The summed E-state index contributed by atoms with van der Waals surface area (Å²) in [6, 6.07) is 5.71. The third kappa shape index (κ3) is 3.05. The van der Waals surface area contributed by atoms with Crippen molar-refractivity contribution in [3.63, 3.8) is 0 Å². The van der Waals surface area contributed by atoms with E-state index in [-0.39, 0.29) is 23.6 Å². The van der Waals surface area contributed by atoms with Crippen LogP contribution in [0.15, 0.2) is 36.5 Å². The third-order valence-electron chi connectivity index (χ3n) is 2.54. The summed E-state index contributed by atoms with van der Waals surface area (Å²) in [6.07, 6.45) is -3.56. The molecular weight excluding hydrogens is 276 g/mol. The summed E-state index contributed by atoms with van der Waals surface area (Å²) < 4.78 is 56.2. The second-order valence-electron chi connectivity index (χ2n) is 3.88. The third-order valence-corrected chi connectivity index (χ3v) is 2.54. The number of nitrogens with zero attached hydrogens (tertiary/aromatic N) is 1. The molecule has 0 unspecified atom stereocenters. The Kier molecular flexibility index (Phi) is 3.89. The van der Waals surface area contributed by atoms with Crippen LogP contribution in [0.5, 0.6) is 5.75 Å². The molecule has 0 amide bonds. The van der Waals surface area contributed by atoms with Crippen LogP contribution >= 0.6 is 0 Å². The minimum Gasteiger partial charge on any atom is -0.478 e. The minimum absolute atomic E-state index is 0.148. The standard InChI is InChI=1S/C13H10F4N2O/c14-9-1-2-11(20-7-18)10(6-9)8-3-4-19-12(5-8)13(15,16)17/h1-6H,7,18H2. The molecule has 0 aliphatic carbocycles. The lowest BCUT2D eigenvalue weighted by molar-refractivity contribution is -0.141. The SMILES string of the molecule is NCOc1ccc(F)cc1-c1ccnc(C(F)(F)F)c1. The van der Waals surface area contributed by atoms with Gasteiger partial charge in [0.25, 0.3) is 0 Å². The lowest BCUT2D eigenvalue weighted by Gasteiger charge is -2.12. The van der Waals surface area contributed by atoms with Crippen LogP contribution in [0.1, 0.15) is 5.69 Å². The van der Waals surface area contributed by atoms with E-state index >= 15 is 0 Å². The normalized spacial score (nSPS) is 11.4. The molecular formula is C13H10F4N2O. The Morgan fingerprint density at radius 1 is 1.15 bits per heavy atom. The van der Waals surface area contributed by atoms with Crippen molar-refractivity contribution < 1.29 is 22.3 Å². The van der Waals surface area contributed by atoms with Crippen LogP contribution in [0.25, 0.3) is 11.1 Å². The maximum Gasteiger partial charge on any atom is 0.433 e. The number of hydrogen-bond donors (Lipinski definition) is 1. The van der Waals surface area contributed by atoms with Gasteiger partial charge in [-0.15, -0.1) is 0 Å². The van der Waals surface area contributed by atoms with Crippen molar-refractivity contribution in [2.45, 2.75) is 6.18 Å². The highest BCUT2D eigenvalue weighted by Gasteiger charge is 2.32. The summed E-state index contributed by atoms with van der Waals surface area (Å²) >= 11 is 0. The van der Waals surface area contributed by atoms with Gasteiger partial charge in [0.05, 0.1) is 0 Å². The Hall–Kier alpha value is -2.15. The Morgan fingerprint density at radius 3 is 2.55 bits per heavy atom. The van der Waals surface area contributed by atoms with Crippen molar-refractivity contribution in [1.29, 1.82) is 0 Å². The Bertz CT molecular complexity index is 614.